The monoisotopic (exact) mass is 298 g/mol. The van der Waals surface area contributed by atoms with Crippen molar-refractivity contribution in [2.75, 3.05) is 12.4 Å². The number of nitrogens with one attached hydrogen (secondary N) is 2. The van der Waals surface area contributed by atoms with Crippen LogP contribution in [0.5, 0.6) is 5.75 Å². The van der Waals surface area contributed by atoms with Gasteiger partial charge in [-0.3, -0.25) is 4.79 Å². The first-order chi connectivity index (χ1) is 10.7. The molecule has 114 valence electrons. The largest absolute Gasteiger partial charge is 0.497 e. The van der Waals surface area contributed by atoms with Crippen LogP contribution in [-0.4, -0.2) is 29.0 Å². The van der Waals surface area contributed by atoms with Crippen LogP contribution in [0.1, 0.15) is 28.9 Å². The fraction of sp³-hybridized carbons (Fsp3) is 0.312. The molecule has 6 nitrogen and oxygen atoms in total. The minimum atomic E-state index is -0.141. The van der Waals surface area contributed by atoms with Crippen LogP contribution in [0.15, 0.2) is 36.5 Å². The van der Waals surface area contributed by atoms with Gasteiger partial charge in [0, 0.05) is 18.8 Å². The molecule has 1 amide bonds. The summed E-state index contributed by atoms with van der Waals surface area (Å²) in [5.74, 6) is 1.12. The quantitative estimate of drug-likeness (QED) is 0.853. The Labute approximate surface area is 128 Å². The van der Waals surface area contributed by atoms with Gasteiger partial charge in [-0.1, -0.05) is 12.1 Å². The minimum absolute atomic E-state index is 0.141. The second-order valence-electron chi connectivity index (χ2n) is 5.21. The van der Waals surface area contributed by atoms with Crippen molar-refractivity contribution in [3.63, 3.8) is 0 Å². The average molecular weight is 298 g/mol. The van der Waals surface area contributed by atoms with Gasteiger partial charge in [0.25, 0.3) is 5.91 Å². The predicted octanol–water partition coefficient (Wildman–Crippen LogP) is 1.99. The summed E-state index contributed by atoms with van der Waals surface area (Å²) in [6, 6.07) is 9.67. The molecule has 1 fully saturated rings. The SMILES string of the molecule is COc1ccc(CNc2nccc(C(=O)NC3CC3)n2)cc1. The Hall–Kier alpha value is -2.63. The minimum Gasteiger partial charge on any atom is -0.497 e. The van der Waals surface area contributed by atoms with Gasteiger partial charge >= 0.3 is 0 Å². The zero-order valence-corrected chi connectivity index (χ0v) is 12.4. The zero-order chi connectivity index (χ0) is 15.4. The molecule has 2 aromatic rings. The summed E-state index contributed by atoms with van der Waals surface area (Å²) in [6.45, 7) is 0.581. The second-order valence-corrected chi connectivity index (χ2v) is 5.21. The number of ether oxygens (including phenoxy) is 1. The number of carbonyl (C=O) groups is 1. The molecule has 0 bridgehead atoms. The van der Waals surface area contributed by atoms with Gasteiger partial charge in [-0.2, -0.15) is 0 Å². The van der Waals surface area contributed by atoms with Gasteiger partial charge in [-0.15, -0.1) is 0 Å². The van der Waals surface area contributed by atoms with Gasteiger partial charge < -0.3 is 15.4 Å². The first-order valence-electron chi connectivity index (χ1n) is 7.25. The third-order valence-corrected chi connectivity index (χ3v) is 3.41. The molecule has 1 aliphatic rings. The Morgan fingerprint density at radius 2 is 2.05 bits per heavy atom. The maximum Gasteiger partial charge on any atom is 0.270 e. The third kappa shape index (κ3) is 3.72. The van der Waals surface area contributed by atoms with Crippen molar-refractivity contribution in [1.29, 1.82) is 0 Å². The summed E-state index contributed by atoms with van der Waals surface area (Å²) in [5, 5.41) is 6.03. The highest BCUT2D eigenvalue weighted by atomic mass is 16.5. The van der Waals surface area contributed by atoms with Crippen molar-refractivity contribution in [2.24, 2.45) is 0 Å². The smallest absolute Gasteiger partial charge is 0.270 e. The Balaban J connectivity index is 1.60. The Bertz CT molecular complexity index is 653. The molecular formula is C16H18N4O2. The lowest BCUT2D eigenvalue weighted by Gasteiger charge is -2.07. The van der Waals surface area contributed by atoms with Gasteiger partial charge in [0.1, 0.15) is 11.4 Å². The van der Waals surface area contributed by atoms with Gasteiger partial charge in [-0.25, -0.2) is 9.97 Å². The lowest BCUT2D eigenvalue weighted by atomic mass is 10.2. The molecule has 0 unspecified atom stereocenters. The van der Waals surface area contributed by atoms with E-state index in [1.807, 2.05) is 24.3 Å². The van der Waals surface area contributed by atoms with E-state index in [-0.39, 0.29) is 5.91 Å². The van der Waals surface area contributed by atoms with Gasteiger partial charge in [0.2, 0.25) is 5.95 Å². The first-order valence-corrected chi connectivity index (χ1v) is 7.25. The van der Waals surface area contributed by atoms with Crippen molar-refractivity contribution < 1.29 is 9.53 Å². The van der Waals surface area contributed by atoms with E-state index in [1.165, 1.54) is 0 Å². The fourth-order valence-corrected chi connectivity index (χ4v) is 1.98. The van der Waals surface area contributed by atoms with E-state index < -0.39 is 0 Å². The maximum atomic E-state index is 11.9. The molecule has 2 N–H and O–H groups in total. The zero-order valence-electron chi connectivity index (χ0n) is 12.4. The van der Waals surface area contributed by atoms with Crippen LogP contribution < -0.4 is 15.4 Å². The third-order valence-electron chi connectivity index (χ3n) is 3.41. The molecule has 3 rings (SSSR count). The number of aromatic nitrogens is 2. The molecule has 0 radical (unpaired) electrons. The molecule has 6 heteroatoms. The number of amides is 1. The highest BCUT2D eigenvalue weighted by Crippen LogP contribution is 2.19. The molecule has 1 aliphatic carbocycles. The molecule has 0 saturated heterocycles. The van der Waals surface area contributed by atoms with Crippen LogP contribution in [0.3, 0.4) is 0 Å². The molecule has 0 aliphatic heterocycles. The first kappa shape index (κ1) is 14.3. The standard InChI is InChI=1S/C16H18N4O2/c1-22-13-6-2-11(3-7-13)10-18-16-17-9-8-14(20-16)15(21)19-12-4-5-12/h2-3,6-9,12H,4-5,10H2,1H3,(H,19,21)(H,17,18,20). The van der Waals surface area contributed by atoms with Crippen molar-refractivity contribution in [1.82, 2.24) is 15.3 Å². The van der Waals surface area contributed by atoms with Crippen LogP contribution >= 0.6 is 0 Å². The van der Waals surface area contributed by atoms with Gasteiger partial charge in [0.05, 0.1) is 7.11 Å². The number of rotatable bonds is 6. The second kappa shape index (κ2) is 6.43. The molecule has 22 heavy (non-hydrogen) atoms. The van der Waals surface area contributed by atoms with Crippen molar-refractivity contribution in [2.45, 2.75) is 25.4 Å². The van der Waals surface area contributed by atoms with E-state index in [0.717, 1.165) is 24.2 Å². The molecule has 0 atom stereocenters. The molecular weight excluding hydrogens is 280 g/mol. The van der Waals surface area contributed by atoms with Gasteiger partial charge in [0.15, 0.2) is 0 Å². The van der Waals surface area contributed by atoms with Crippen LogP contribution in [0.2, 0.25) is 0 Å². The van der Waals surface area contributed by atoms with Crippen LogP contribution in [0.25, 0.3) is 0 Å². The summed E-state index contributed by atoms with van der Waals surface area (Å²) >= 11 is 0. The Morgan fingerprint density at radius 3 is 2.73 bits per heavy atom. The molecule has 1 aromatic carbocycles. The number of carbonyl (C=O) groups excluding carboxylic acids is 1. The summed E-state index contributed by atoms with van der Waals surface area (Å²) < 4.78 is 5.12. The average Bonchev–Trinajstić information content (AvgIpc) is 3.37. The Morgan fingerprint density at radius 1 is 1.27 bits per heavy atom. The number of methoxy groups -OCH3 is 1. The normalized spacial score (nSPS) is 13.5. The van der Waals surface area contributed by atoms with E-state index in [1.54, 1.807) is 19.4 Å². The highest BCUT2D eigenvalue weighted by molar-refractivity contribution is 5.92. The van der Waals surface area contributed by atoms with E-state index in [9.17, 15) is 4.79 Å². The molecule has 1 aromatic heterocycles. The Kier molecular flexibility index (Phi) is 4.18. The predicted molar refractivity (Wildman–Crippen MR) is 82.8 cm³/mol. The number of hydrogen-bond donors (Lipinski definition) is 2. The molecule has 1 heterocycles. The van der Waals surface area contributed by atoms with Crippen LogP contribution in [0, 0.1) is 0 Å². The van der Waals surface area contributed by atoms with Crippen molar-refractivity contribution in [3.05, 3.63) is 47.8 Å². The fourth-order valence-electron chi connectivity index (χ4n) is 1.98. The van der Waals surface area contributed by atoms with Gasteiger partial charge in [-0.05, 0) is 36.6 Å². The number of hydrogen-bond acceptors (Lipinski definition) is 5. The summed E-state index contributed by atoms with van der Waals surface area (Å²) in [5.41, 5.74) is 1.47. The van der Waals surface area contributed by atoms with E-state index >= 15 is 0 Å². The highest BCUT2D eigenvalue weighted by Gasteiger charge is 2.24. The summed E-state index contributed by atoms with van der Waals surface area (Å²) in [6.07, 6.45) is 3.70. The lowest BCUT2D eigenvalue weighted by molar-refractivity contribution is 0.0946. The topological polar surface area (TPSA) is 76.1 Å². The molecule has 0 spiro atoms. The van der Waals surface area contributed by atoms with E-state index in [2.05, 4.69) is 20.6 Å². The number of benzene rings is 1. The van der Waals surface area contributed by atoms with E-state index in [4.69, 9.17) is 4.74 Å². The summed E-state index contributed by atoms with van der Waals surface area (Å²) in [4.78, 5) is 20.3. The number of anilines is 1. The maximum absolute atomic E-state index is 11.9. The van der Waals surface area contributed by atoms with E-state index in [0.29, 0.717) is 24.2 Å². The number of nitrogens with zero attached hydrogens (tertiary/aromatic N) is 2. The lowest BCUT2D eigenvalue weighted by Crippen LogP contribution is -2.26. The van der Waals surface area contributed by atoms with Crippen LogP contribution in [-0.2, 0) is 6.54 Å². The van der Waals surface area contributed by atoms with Crippen molar-refractivity contribution >= 4 is 11.9 Å². The summed E-state index contributed by atoms with van der Waals surface area (Å²) in [7, 11) is 1.64. The van der Waals surface area contributed by atoms with Crippen LogP contribution in [0.4, 0.5) is 5.95 Å². The van der Waals surface area contributed by atoms with Crippen molar-refractivity contribution in [3.8, 4) is 5.75 Å². The molecule has 1 saturated carbocycles.